The Morgan fingerprint density at radius 1 is 1.41 bits per heavy atom. The molecule has 17 heavy (non-hydrogen) atoms. The van der Waals surface area contributed by atoms with Crippen molar-refractivity contribution in [1.82, 2.24) is 4.31 Å². The summed E-state index contributed by atoms with van der Waals surface area (Å²) in [4.78, 5) is -0.112. The SMILES string of the molecule is CSCCN(C)S(=O)(=O)c1cc(N)cc(F)c1. The summed E-state index contributed by atoms with van der Waals surface area (Å²) in [5.74, 6) is 0.0300. The van der Waals surface area contributed by atoms with E-state index >= 15 is 0 Å². The van der Waals surface area contributed by atoms with Crippen molar-refractivity contribution in [3.8, 4) is 0 Å². The first-order chi connectivity index (χ1) is 7.87. The van der Waals surface area contributed by atoms with Gasteiger partial charge in [-0.1, -0.05) is 0 Å². The van der Waals surface area contributed by atoms with Gasteiger partial charge in [-0.2, -0.15) is 11.8 Å². The lowest BCUT2D eigenvalue weighted by Crippen LogP contribution is -2.29. The Morgan fingerprint density at radius 3 is 2.59 bits per heavy atom. The Hall–Kier alpha value is -0.790. The summed E-state index contributed by atoms with van der Waals surface area (Å²) in [6, 6.07) is 3.32. The zero-order valence-corrected chi connectivity index (χ0v) is 11.3. The van der Waals surface area contributed by atoms with Crippen molar-refractivity contribution >= 4 is 27.5 Å². The van der Waals surface area contributed by atoms with E-state index in [-0.39, 0.29) is 10.6 Å². The predicted octanol–water partition coefficient (Wildman–Crippen LogP) is 1.39. The van der Waals surface area contributed by atoms with E-state index in [1.807, 2.05) is 6.26 Å². The number of anilines is 1. The number of benzene rings is 1. The highest BCUT2D eigenvalue weighted by atomic mass is 32.2. The van der Waals surface area contributed by atoms with E-state index in [4.69, 9.17) is 5.73 Å². The summed E-state index contributed by atoms with van der Waals surface area (Å²) in [7, 11) is -2.19. The van der Waals surface area contributed by atoms with Crippen molar-refractivity contribution in [3.05, 3.63) is 24.0 Å². The molecule has 1 rings (SSSR count). The lowest BCUT2D eigenvalue weighted by atomic mass is 10.3. The van der Waals surface area contributed by atoms with Crippen molar-refractivity contribution in [2.24, 2.45) is 0 Å². The van der Waals surface area contributed by atoms with Crippen LogP contribution < -0.4 is 5.73 Å². The van der Waals surface area contributed by atoms with Gasteiger partial charge in [-0.05, 0) is 24.5 Å². The molecular weight excluding hydrogens is 263 g/mol. The van der Waals surface area contributed by atoms with E-state index in [0.717, 1.165) is 12.1 Å². The molecule has 0 unspecified atom stereocenters. The fourth-order valence-electron chi connectivity index (χ4n) is 1.25. The Morgan fingerprint density at radius 2 is 2.06 bits per heavy atom. The average molecular weight is 278 g/mol. The average Bonchev–Trinajstić information content (AvgIpc) is 2.24. The van der Waals surface area contributed by atoms with Crippen LogP contribution in [0.4, 0.5) is 10.1 Å². The quantitative estimate of drug-likeness (QED) is 0.827. The van der Waals surface area contributed by atoms with Crippen molar-refractivity contribution in [1.29, 1.82) is 0 Å². The van der Waals surface area contributed by atoms with E-state index < -0.39 is 15.8 Å². The molecule has 0 saturated carbocycles. The van der Waals surface area contributed by atoms with Crippen molar-refractivity contribution in [2.45, 2.75) is 4.90 Å². The summed E-state index contributed by atoms with van der Waals surface area (Å²) in [5, 5.41) is 0. The van der Waals surface area contributed by atoms with E-state index in [2.05, 4.69) is 0 Å². The molecule has 0 aliphatic rings. The van der Waals surface area contributed by atoms with Crippen LogP contribution in [-0.2, 0) is 10.0 Å². The van der Waals surface area contributed by atoms with E-state index in [1.54, 1.807) is 11.8 Å². The summed E-state index contributed by atoms with van der Waals surface area (Å²) < 4.78 is 38.4. The maximum atomic E-state index is 13.1. The molecule has 0 amide bonds. The number of sulfonamides is 1. The van der Waals surface area contributed by atoms with Gasteiger partial charge in [0.1, 0.15) is 5.82 Å². The molecule has 1 aromatic carbocycles. The lowest BCUT2D eigenvalue weighted by Gasteiger charge is -2.16. The van der Waals surface area contributed by atoms with Crippen LogP contribution in [0.15, 0.2) is 23.1 Å². The molecule has 0 aromatic heterocycles. The van der Waals surface area contributed by atoms with Crippen LogP contribution >= 0.6 is 11.8 Å². The van der Waals surface area contributed by atoms with Gasteiger partial charge in [0, 0.05) is 25.0 Å². The Labute approximate surface area is 105 Å². The van der Waals surface area contributed by atoms with E-state index in [0.29, 0.717) is 12.3 Å². The number of rotatable bonds is 5. The van der Waals surface area contributed by atoms with Crippen LogP contribution in [0.2, 0.25) is 0 Å². The van der Waals surface area contributed by atoms with Crippen LogP contribution in [0.5, 0.6) is 0 Å². The molecule has 0 aliphatic carbocycles. The highest BCUT2D eigenvalue weighted by Crippen LogP contribution is 2.19. The molecular formula is C10H15FN2O2S2. The maximum absolute atomic E-state index is 13.1. The number of thioether (sulfide) groups is 1. The first-order valence-electron chi connectivity index (χ1n) is 4.89. The van der Waals surface area contributed by atoms with E-state index in [1.165, 1.54) is 17.4 Å². The van der Waals surface area contributed by atoms with Gasteiger partial charge in [-0.3, -0.25) is 0 Å². The second-order valence-electron chi connectivity index (χ2n) is 3.54. The zero-order valence-electron chi connectivity index (χ0n) is 9.68. The highest BCUT2D eigenvalue weighted by Gasteiger charge is 2.21. The fraction of sp³-hybridized carbons (Fsp3) is 0.400. The molecule has 0 spiro atoms. The van der Waals surface area contributed by atoms with Gasteiger partial charge in [-0.25, -0.2) is 17.1 Å². The Bertz CT molecular complexity index is 471. The van der Waals surface area contributed by atoms with Gasteiger partial charge in [-0.15, -0.1) is 0 Å². The molecule has 7 heteroatoms. The number of nitrogen functional groups attached to an aromatic ring is 1. The highest BCUT2D eigenvalue weighted by molar-refractivity contribution is 7.98. The van der Waals surface area contributed by atoms with Gasteiger partial charge >= 0.3 is 0 Å². The molecule has 0 atom stereocenters. The number of hydrogen-bond donors (Lipinski definition) is 1. The Kier molecular flexibility index (Phi) is 4.79. The van der Waals surface area contributed by atoms with Crippen LogP contribution in [0.1, 0.15) is 0 Å². The van der Waals surface area contributed by atoms with Crippen molar-refractivity contribution < 1.29 is 12.8 Å². The van der Waals surface area contributed by atoms with Gasteiger partial charge in [0.25, 0.3) is 0 Å². The van der Waals surface area contributed by atoms with Crippen LogP contribution in [0.25, 0.3) is 0 Å². The maximum Gasteiger partial charge on any atom is 0.243 e. The molecule has 1 aromatic rings. The zero-order chi connectivity index (χ0) is 13.1. The summed E-state index contributed by atoms with van der Waals surface area (Å²) >= 11 is 1.54. The van der Waals surface area contributed by atoms with Crippen LogP contribution in [0, 0.1) is 5.82 Å². The topological polar surface area (TPSA) is 63.4 Å². The minimum atomic E-state index is -3.66. The molecule has 0 bridgehead atoms. The smallest absolute Gasteiger partial charge is 0.243 e. The fourth-order valence-corrected chi connectivity index (χ4v) is 3.06. The van der Waals surface area contributed by atoms with Gasteiger partial charge in [0.05, 0.1) is 4.90 Å². The molecule has 4 nitrogen and oxygen atoms in total. The number of hydrogen-bond acceptors (Lipinski definition) is 4. The second-order valence-corrected chi connectivity index (χ2v) is 6.57. The third-order valence-corrected chi connectivity index (χ3v) is 4.64. The molecule has 2 N–H and O–H groups in total. The van der Waals surface area contributed by atoms with Gasteiger partial charge in [0.15, 0.2) is 0 Å². The monoisotopic (exact) mass is 278 g/mol. The first kappa shape index (κ1) is 14.3. The molecule has 0 aliphatic heterocycles. The molecule has 96 valence electrons. The van der Waals surface area contributed by atoms with Crippen molar-refractivity contribution in [3.63, 3.8) is 0 Å². The predicted molar refractivity (Wildman–Crippen MR) is 69.0 cm³/mol. The molecule has 0 radical (unpaired) electrons. The molecule has 0 saturated heterocycles. The van der Waals surface area contributed by atoms with E-state index in [9.17, 15) is 12.8 Å². The van der Waals surface area contributed by atoms with Crippen LogP contribution in [0.3, 0.4) is 0 Å². The van der Waals surface area contributed by atoms with Gasteiger partial charge < -0.3 is 5.73 Å². The second kappa shape index (κ2) is 5.70. The summed E-state index contributed by atoms with van der Waals surface area (Å²) in [6.07, 6.45) is 1.89. The van der Waals surface area contributed by atoms with Gasteiger partial charge in [0.2, 0.25) is 10.0 Å². The molecule has 0 fully saturated rings. The number of halogens is 1. The van der Waals surface area contributed by atoms with Crippen molar-refractivity contribution in [2.75, 3.05) is 31.3 Å². The lowest BCUT2D eigenvalue weighted by molar-refractivity contribution is 0.487. The normalized spacial score (nSPS) is 12.0. The minimum Gasteiger partial charge on any atom is -0.399 e. The third-order valence-electron chi connectivity index (χ3n) is 2.21. The summed E-state index contributed by atoms with van der Waals surface area (Å²) in [5.41, 5.74) is 5.53. The van der Waals surface area contributed by atoms with Crippen LogP contribution in [-0.4, -0.2) is 38.3 Å². The third kappa shape index (κ3) is 3.58. The summed E-state index contributed by atoms with van der Waals surface area (Å²) in [6.45, 7) is 0.375. The number of nitrogens with zero attached hydrogens (tertiary/aromatic N) is 1. The Balaban J connectivity index is 3.04. The minimum absolute atomic E-state index is 0.0989. The first-order valence-corrected chi connectivity index (χ1v) is 7.72. The largest absolute Gasteiger partial charge is 0.399 e. The standard InChI is InChI=1S/C10H15FN2O2S2/c1-13(3-4-16-2)17(14,15)10-6-8(11)5-9(12)7-10/h5-7H,3-4,12H2,1-2H3. The molecule has 0 heterocycles. The number of nitrogens with two attached hydrogens (primary N) is 1.